The van der Waals surface area contributed by atoms with E-state index < -0.39 is 0 Å². The van der Waals surface area contributed by atoms with Gasteiger partial charge in [-0.25, -0.2) is 4.98 Å². The molecule has 3 aromatic rings. The van der Waals surface area contributed by atoms with Crippen molar-refractivity contribution in [3.63, 3.8) is 0 Å². The first-order valence-electron chi connectivity index (χ1n) is 8.09. The molecule has 0 N–H and O–H groups in total. The standard InChI is InChI=1S/C19H17ClN2OS/c1-22-16(11-10-12-6-2-4-8-14(12)20)21-18-17(19(22)23)13-7-3-5-9-15(13)24-18/h2,4,6,8,10-11H,3,5,7,9H2,1H3. The number of nitrogens with zero attached hydrogens (tertiary/aromatic N) is 2. The van der Waals surface area contributed by atoms with E-state index in [9.17, 15) is 4.79 Å². The average Bonchev–Trinajstić information content (AvgIpc) is 2.96. The summed E-state index contributed by atoms with van der Waals surface area (Å²) in [6.45, 7) is 0. The van der Waals surface area contributed by atoms with Gasteiger partial charge in [-0.2, -0.15) is 0 Å². The zero-order chi connectivity index (χ0) is 16.7. The Balaban J connectivity index is 1.84. The Morgan fingerprint density at radius 1 is 1.21 bits per heavy atom. The molecule has 2 heterocycles. The Morgan fingerprint density at radius 3 is 2.83 bits per heavy atom. The highest BCUT2D eigenvalue weighted by Crippen LogP contribution is 2.33. The molecule has 0 bridgehead atoms. The van der Waals surface area contributed by atoms with Gasteiger partial charge in [0.1, 0.15) is 10.7 Å². The van der Waals surface area contributed by atoms with Gasteiger partial charge in [0.25, 0.3) is 5.56 Å². The third-order valence-corrected chi connectivity index (χ3v) is 6.08. The third kappa shape index (κ3) is 2.60. The van der Waals surface area contributed by atoms with Crippen LogP contribution in [0.2, 0.25) is 5.02 Å². The quantitative estimate of drug-likeness (QED) is 0.667. The van der Waals surface area contributed by atoms with E-state index in [2.05, 4.69) is 0 Å². The molecule has 0 unspecified atom stereocenters. The summed E-state index contributed by atoms with van der Waals surface area (Å²) in [7, 11) is 1.79. The molecule has 0 fully saturated rings. The second-order valence-corrected chi connectivity index (χ2v) is 7.57. The van der Waals surface area contributed by atoms with Crippen molar-refractivity contribution in [3.05, 3.63) is 61.5 Å². The molecule has 4 rings (SSSR count). The summed E-state index contributed by atoms with van der Waals surface area (Å²) in [6, 6.07) is 7.63. The second-order valence-electron chi connectivity index (χ2n) is 6.08. The highest BCUT2D eigenvalue weighted by Gasteiger charge is 2.20. The van der Waals surface area contributed by atoms with E-state index in [0.717, 1.165) is 35.0 Å². The molecule has 1 aromatic carbocycles. The van der Waals surface area contributed by atoms with Crippen LogP contribution in [-0.2, 0) is 19.9 Å². The van der Waals surface area contributed by atoms with Crippen molar-refractivity contribution in [2.75, 3.05) is 0 Å². The number of hydrogen-bond donors (Lipinski definition) is 0. The number of thiophene rings is 1. The van der Waals surface area contributed by atoms with E-state index in [1.54, 1.807) is 23.0 Å². The van der Waals surface area contributed by atoms with Gasteiger partial charge in [0.15, 0.2) is 0 Å². The molecule has 0 saturated carbocycles. The van der Waals surface area contributed by atoms with Gasteiger partial charge in [0.2, 0.25) is 0 Å². The van der Waals surface area contributed by atoms with E-state index in [1.165, 1.54) is 16.9 Å². The minimum Gasteiger partial charge on any atom is -0.296 e. The molecule has 5 heteroatoms. The van der Waals surface area contributed by atoms with E-state index in [-0.39, 0.29) is 5.56 Å². The van der Waals surface area contributed by atoms with Gasteiger partial charge in [-0.05, 0) is 55.0 Å². The molecule has 0 spiro atoms. The second kappa shape index (κ2) is 6.19. The number of rotatable bonds is 2. The maximum absolute atomic E-state index is 12.8. The van der Waals surface area contributed by atoms with Crippen LogP contribution in [0.4, 0.5) is 0 Å². The van der Waals surface area contributed by atoms with E-state index in [0.29, 0.717) is 10.8 Å². The van der Waals surface area contributed by atoms with Gasteiger partial charge in [0.05, 0.1) is 5.39 Å². The lowest BCUT2D eigenvalue weighted by Gasteiger charge is -2.10. The van der Waals surface area contributed by atoms with Crippen molar-refractivity contribution >= 4 is 45.3 Å². The van der Waals surface area contributed by atoms with Crippen LogP contribution in [0.15, 0.2) is 29.1 Å². The van der Waals surface area contributed by atoms with Crippen LogP contribution in [0.25, 0.3) is 22.4 Å². The van der Waals surface area contributed by atoms with Gasteiger partial charge >= 0.3 is 0 Å². The molecule has 1 aliphatic rings. The topological polar surface area (TPSA) is 34.9 Å². The number of aryl methyl sites for hydroxylation is 2. The first-order valence-corrected chi connectivity index (χ1v) is 9.28. The summed E-state index contributed by atoms with van der Waals surface area (Å²) in [6.07, 6.45) is 8.21. The molecular weight excluding hydrogens is 340 g/mol. The summed E-state index contributed by atoms with van der Waals surface area (Å²) in [4.78, 5) is 19.8. The monoisotopic (exact) mass is 356 g/mol. The smallest absolute Gasteiger partial charge is 0.262 e. The summed E-state index contributed by atoms with van der Waals surface area (Å²) < 4.78 is 1.64. The Bertz CT molecular complexity index is 1020. The molecule has 0 aliphatic heterocycles. The fourth-order valence-corrected chi connectivity index (χ4v) is 4.68. The lowest BCUT2D eigenvalue weighted by atomic mass is 9.97. The zero-order valence-corrected chi connectivity index (χ0v) is 15.0. The minimum absolute atomic E-state index is 0.0539. The van der Waals surface area contributed by atoms with E-state index in [4.69, 9.17) is 16.6 Å². The van der Waals surface area contributed by atoms with Crippen LogP contribution in [0, 0.1) is 0 Å². The first-order chi connectivity index (χ1) is 11.6. The maximum atomic E-state index is 12.8. The maximum Gasteiger partial charge on any atom is 0.262 e. The first kappa shape index (κ1) is 15.6. The Hall–Kier alpha value is -1.91. The summed E-state index contributed by atoms with van der Waals surface area (Å²) in [5.41, 5.74) is 2.20. The van der Waals surface area contributed by atoms with Gasteiger partial charge in [-0.15, -0.1) is 11.3 Å². The predicted molar refractivity (Wildman–Crippen MR) is 102 cm³/mol. The summed E-state index contributed by atoms with van der Waals surface area (Å²) >= 11 is 7.86. The number of benzene rings is 1. The molecule has 0 atom stereocenters. The molecular formula is C19H17ClN2OS. The third-order valence-electron chi connectivity index (χ3n) is 4.55. The lowest BCUT2D eigenvalue weighted by molar-refractivity contribution is 0.699. The van der Waals surface area contributed by atoms with Gasteiger partial charge in [0, 0.05) is 16.9 Å². The molecule has 0 saturated heterocycles. The van der Waals surface area contributed by atoms with Gasteiger partial charge < -0.3 is 0 Å². The van der Waals surface area contributed by atoms with Crippen molar-refractivity contribution in [3.8, 4) is 0 Å². The van der Waals surface area contributed by atoms with E-state index >= 15 is 0 Å². The number of hydrogen-bond acceptors (Lipinski definition) is 3. The fraction of sp³-hybridized carbons (Fsp3) is 0.263. The molecule has 122 valence electrons. The summed E-state index contributed by atoms with van der Waals surface area (Å²) in [5, 5.41) is 1.51. The SMILES string of the molecule is Cn1c(C=Cc2ccccc2Cl)nc2sc3c(c2c1=O)CCCC3. The highest BCUT2D eigenvalue weighted by atomic mass is 35.5. The molecule has 0 radical (unpaired) electrons. The van der Waals surface area contributed by atoms with Crippen LogP contribution < -0.4 is 5.56 Å². The van der Waals surface area contributed by atoms with Crippen LogP contribution in [0.1, 0.15) is 34.7 Å². The minimum atomic E-state index is 0.0539. The van der Waals surface area contributed by atoms with Gasteiger partial charge in [-0.1, -0.05) is 29.8 Å². The average molecular weight is 357 g/mol. The van der Waals surface area contributed by atoms with Crippen molar-refractivity contribution in [1.82, 2.24) is 9.55 Å². The van der Waals surface area contributed by atoms with Crippen molar-refractivity contribution in [1.29, 1.82) is 0 Å². The number of halogens is 1. The molecule has 0 amide bonds. The number of fused-ring (bicyclic) bond motifs is 3. The lowest BCUT2D eigenvalue weighted by Crippen LogP contribution is -2.21. The molecule has 24 heavy (non-hydrogen) atoms. The van der Waals surface area contributed by atoms with Crippen LogP contribution >= 0.6 is 22.9 Å². The Labute approximate surface area is 149 Å². The predicted octanol–water partition coefficient (Wildman–Crippen LogP) is 4.70. The van der Waals surface area contributed by atoms with Crippen LogP contribution in [0.5, 0.6) is 0 Å². The van der Waals surface area contributed by atoms with Gasteiger partial charge in [-0.3, -0.25) is 9.36 Å². The van der Waals surface area contributed by atoms with Crippen molar-refractivity contribution < 1.29 is 0 Å². The van der Waals surface area contributed by atoms with E-state index in [1.807, 2.05) is 36.4 Å². The normalized spacial score (nSPS) is 14.4. The Morgan fingerprint density at radius 2 is 2.00 bits per heavy atom. The van der Waals surface area contributed by atoms with Crippen LogP contribution in [-0.4, -0.2) is 9.55 Å². The Kier molecular flexibility index (Phi) is 4.02. The molecule has 3 nitrogen and oxygen atoms in total. The number of aromatic nitrogens is 2. The zero-order valence-electron chi connectivity index (χ0n) is 13.4. The molecule has 2 aromatic heterocycles. The van der Waals surface area contributed by atoms with Crippen molar-refractivity contribution in [2.24, 2.45) is 7.05 Å². The molecule has 1 aliphatic carbocycles. The fourth-order valence-electron chi connectivity index (χ4n) is 3.23. The van der Waals surface area contributed by atoms with Crippen molar-refractivity contribution in [2.45, 2.75) is 25.7 Å². The highest BCUT2D eigenvalue weighted by molar-refractivity contribution is 7.18. The summed E-state index contributed by atoms with van der Waals surface area (Å²) in [5.74, 6) is 0.658. The van der Waals surface area contributed by atoms with Crippen LogP contribution in [0.3, 0.4) is 0 Å². The largest absolute Gasteiger partial charge is 0.296 e.